The second-order valence-corrected chi connectivity index (χ2v) is 10.2. The number of nitrogens with zero attached hydrogens (tertiary/aromatic N) is 3. The normalized spacial score (nSPS) is 15.4. The Kier molecular flexibility index (Phi) is 6.85. The van der Waals surface area contributed by atoms with Gasteiger partial charge >= 0.3 is 5.97 Å². The number of allylic oxidation sites excluding steroid dienone is 2. The van der Waals surface area contributed by atoms with Crippen LogP contribution in [-0.2, 0) is 0 Å². The van der Waals surface area contributed by atoms with Crippen LogP contribution in [-0.4, -0.2) is 36.4 Å². The van der Waals surface area contributed by atoms with Crippen molar-refractivity contribution in [2.45, 2.75) is 52.5 Å². The second kappa shape index (κ2) is 10.2. The van der Waals surface area contributed by atoms with E-state index in [1.165, 1.54) is 12.8 Å². The Morgan fingerprint density at radius 1 is 1.08 bits per heavy atom. The number of carboxylic acids is 1. The van der Waals surface area contributed by atoms with E-state index in [0.717, 1.165) is 40.7 Å². The van der Waals surface area contributed by atoms with Crippen LogP contribution in [0.2, 0.25) is 0 Å². The Morgan fingerprint density at radius 3 is 2.45 bits per heavy atom. The number of fused-ring (bicyclic) bond motifs is 1. The van der Waals surface area contributed by atoms with Gasteiger partial charge in [-0.1, -0.05) is 31.0 Å². The number of hydrogen-bond donors (Lipinski definition) is 3. The number of carboxylic acid groups (broad SMARTS) is 1. The molecule has 1 aromatic carbocycles. The number of aliphatic hydroxyl groups excluding tert-OH is 1. The lowest BCUT2D eigenvalue weighted by Crippen LogP contribution is -2.19. The van der Waals surface area contributed by atoms with Crippen LogP contribution in [0.5, 0.6) is 0 Å². The molecule has 1 aliphatic rings. The van der Waals surface area contributed by atoms with Crippen LogP contribution in [0.25, 0.3) is 27.7 Å². The number of carbonyl (C=O) groups is 1. The number of hydrogen-bond acceptors (Lipinski definition) is 5. The van der Waals surface area contributed by atoms with E-state index in [1.54, 1.807) is 33.0 Å². The molecule has 0 radical (unpaired) electrons. The van der Waals surface area contributed by atoms with Crippen molar-refractivity contribution in [1.82, 2.24) is 14.5 Å². The molecule has 5 rings (SSSR count). The van der Waals surface area contributed by atoms with Crippen LogP contribution in [0.4, 0.5) is 0 Å². The average Bonchev–Trinajstić information content (AvgIpc) is 3.53. The Hall–Kier alpha value is -4.26. The van der Waals surface area contributed by atoms with Crippen molar-refractivity contribution in [1.29, 1.82) is 5.41 Å². The van der Waals surface area contributed by atoms with E-state index in [1.807, 2.05) is 36.5 Å². The maximum Gasteiger partial charge on any atom is 0.335 e. The van der Waals surface area contributed by atoms with Crippen LogP contribution in [0.3, 0.4) is 0 Å². The first-order valence-electron chi connectivity index (χ1n) is 13.0. The summed E-state index contributed by atoms with van der Waals surface area (Å²) in [6, 6.07) is 13.4. The van der Waals surface area contributed by atoms with Gasteiger partial charge in [-0.15, -0.1) is 0 Å². The maximum absolute atomic E-state index is 11.6. The maximum atomic E-state index is 11.6. The van der Waals surface area contributed by atoms with E-state index < -0.39 is 5.97 Å². The number of rotatable bonds is 7. The minimum absolute atomic E-state index is 0.00452. The van der Waals surface area contributed by atoms with Crippen molar-refractivity contribution >= 4 is 28.3 Å². The molecule has 3 aromatic heterocycles. The lowest BCUT2D eigenvalue weighted by Gasteiger charge is -2.26. The zero-order valence-corrected chi connectivity index (χ0v) is 21.9. The number of aromatic nitrogens is 3. The predicted octanol–water partition coefficient (Wildman–Crippen LogP) is 7.21. The number of aromatic carboxylic acids is 1. The van der Waals surface area contributed by atoms with Gasteiger partial charge in [0.1, 0.15) is 0 Å². The zero-order valence-electron chi connectivity index (χ0n) is 21.9. The number of benzene rings is 1. The van der Waals surface area contributed by atoms with Gasteiger partial charge in [-0.3, -0.25) is 9.97 Å². The third kappa shape index (κ3) is 4.60. The van der Waals surface area contributed by atoms with Crippen molar-refractivity contribution < 1.29 is 15.0 Å². The summed E-state index contributed by atoms with van der Waals surface area (Å²) >= 11 is 0. The monoisotopic (exact) mass is 508 g/mol. The van der Waals surface area contributed by atoms with Crippen molar-refractivity contribution in [2.24, 2.45) is 5.92 Å². The highest BCUT2D eigenvalue weighted by atomic mass is 16.4. The first kappa shape index (κ1) is 25.4. The minimum atomic E-state index is -0.948. The molecule has 3 N–H and O–H groups in total. The van der Waals surface area contributed by atoms with Gasteiger partial charge in [0, 0.05) is 41.0 Å². The topological polar surface area (TPSA) is 112 Å². The summed E-state index contributed by atoms with van der Waals surface area (Å²) in [4.78, 5) is 21.2. The molecule has 0 spiro atoms. The molecule has 3 heterocycles. The van der Waals surface area contributed by atoms with Gasteiger partial charge in [0.2, 0.25) is 0 Å². The smallest absolute Gasteiger partial charge is 0.335 e. The first-order chi connectivity index (χ1) is 18.3. The summed E-state index contributed by atoms with van der Waals surface area (Å²) < 4.78 is 2.25. The molecule has 194 valence electrons. The van der Waals surface area contributed by atoms with Crippen molar-refractivity contribution in [2.75, 3.05) is 0 Å². The third-order valence-electron chi connectivity index (χ3n) is 7.60. The molecule has 1 atom stereocenters. The number of aliphatic hydroxyl groups is 1. The van der Waals surface area contributed by atoms with Crippen LogP contribution in [0.15, 0.2) is 66.8 Å². The van der Waals surface area contributed by atoms with Crippen LogP contribution in [0.1, 0.15) is 72.8 Å². The van der Waals surface area contributed by atoms with Crippen LogP contribution in [0, 0.1) is 18.3 Å². The molecule has 0 aliphatic heterocycles. The lowest BCUT2D eigenvalue weighted by atomic mass is 9.94. The summed E-state index contributed by atoms with van der Waals surface area (Å²) in [6.07, 6.45) is 10.2. The van der Waals surface area contributed by atoms with E-state index in [0.29, 0.717) is 22.6 Å². The van der Waals surface area contributed by atoms with Gasteiger partial charge < -0.3 is 20.2 Å². The highest BCUT2D eigenvalue weighted by molar-refractivity contribution is 6.22. The molecule has 1 fully saturated rings. The molecule has 0 saturated heterocycles. The summed E-state index contributed by atoms with van der Waals surface area (Å²) in [5.41, 5.74) is 6.83. The number of pyridine rings is 2. The average molecular weight is 509 g/mol. The second-order valence-electron chi connectivity index (χ2n) is 10.2. The molecule has 4 aromatic rings. The molecule has 7 heteroatoms. The SMILES string of the molecule is CC(=N)/C(=C(/C)O)c1cnc2c(-c3ccc(C(=O)O)c(C)c3)cn(C(c3ccccn3)C3CCCC3)c2c1. The van der Waals surface area contributed by atoms with E-state index in [2.05, 4.69) is 16.8 Å². The molecule has 1 saturated carbocycles. The van der Waals surface area contributed by atoms with E-state index in [-0.39, 0.29) is 23.1 Å². The van der Waals surface area contributed by atoms with Gasteiger partial charge in [0.05, 0.1) is 34.1 Å². The fraction of sp³-hybridized carbons (Fsp3) is 0.290. The zero-order chi connectivity index (χ0) is 27.0. The van der Waals surface area contributed by atoms with Gasteiger partial charge in [0.25, 0.3) is 0 Å². The minimum Gasteiger partial charge on any atom is -0.512 e. The van der Waals surface area contributed by atoms with Gasteiger partial charge in [-0.25, -0.2) is 4.79 Å². The summed E-state index contributed by atoms with van der Waals surface area (Å²) in [5, 5.41) is 28.1. The van der Waals surface area contributed by atoms with Gasteiger partial charge in [-0.2, -0.15) is 0 Å². The number of nitrogens with one attached hydrogen (secondary N) is 1. The standard InChI is InChI=1S/C31H32N4O3/c1-18-14-22(11-12-24(18)31(37)38)25-17-35(30(21-8-4-5-9-21)26-10-6-7-13-33-26)27-15-23(16-34-29(25)27)28(19(2)32)20(3)36/h6-7,10-17,21,30,32,36H,4-5,8-9H2,1-3H3,(H,37,38)/b28-20+,32-19?. The summed E-state index contributed by atoms with van der Waals surface area (Å²) in [6.45, 7) is 5.05. The molecule has 0 bridgehead atoms. The molecule has 1 unspecified atom stereocenters. The van der Waals surface area contributed by atoms with Gasteiger partial charge in [0.15, 0.2) is 0 Å². The first-order valence-corrected chi connectivity index (χ1v) is 13.0. The lowest BCUT2D eigenvalue weighted by molar-refractivity contribution is 0.0696. The highest BCUT2D eigenvalue weighted by Crippen LogP contribution is 2.42. The fourth-order valence-corrected chi connectivity index (χ4v) is 5.91. The largest absolute Gasteiger partial charge is 0.512 e. The number of aryl methyl sites for hydroxylation is 1. The predicted molar refractivity (Wildman–Crippen MR) is 150 cm³/mol. The Bertz CT molecular complexity index is 1560. The molecular weight excluding hydrogens is 476 g/mol. The molecule has 38 heavy (non-hydrogen) atoms. The molecule has 1 aliphatic carbocycles. The summed E-state index contributed by atoms with van der Waals surface area (Å²) in [5.74, 6) is -0.461. The van der Waals surface area contributed by atoms with Crippen molar-refractivity contribution in [3.63, 3.8) is 0 Å². The molecule has 0 amide bonds. The highest BCUT2D eigenvalue weighted by Gasteiger charge is 2.31. The Balaban J connectivity index is 1.79. The third-order valence-corrected chi connectivity index (χ3v) is 7.60. The quantitative estimate of drug-likeness (QED) is 0.180. The van der Waals surface area contributed by atoms with Crippen molar-refractivity contribution in [3.05, 3.63) is 89.2 Å². The summed E-state index contributed by atoms with van der Waals surface area (Å²) in [7, 11) is 0. The Labute approximate surface area is 222 Å². The Morgan fingerprint density at radius 2 is 1.84 bits per heavy atom. The fourth-order valence-electron chi connectivity index (χ4n) is 5.91. The van der Waals surface area contributed by atoms with Crippen LogP contribution >= 0.6 is 0 Å². The van der Waals surface area contributed by atoms with Crippen LogP contribution < -0.4 is 0 Å². The van der Waals surface area contributed by atoms with E-state index in [9.17, 15) is 15.0 Å². The van der Waals surface area contributed by atoms with E-state index in [4.69, 9.17) is 15.4 Å². The van der Waals surface area contributed by atoms with Crippen molar-refractivity contribution in [3.8, 4) is 11.1 Å². The van der Waals surface area contributed by atoms with E-state index >= 15 is 0 Å². The molecular formula is C31H32N4O3. The molecule has 7 nitrogen and oxygen atoms in total. The van der Waals surface area contributed by atoms with Gasteiger partial charge in [-0.05, 0) is 74.9 Å².